The minimum absolute atomic E-state index is 0.165. The van der Waals surface area contributed by atoms with E-state index < -0.39 is 11.9 Å². The van der Waals surface area contributed by atoms with Crippen molar-refractivity contribution in [3.8, 4) is 0 Å². The molecule has 0 aliphatic heterocycles. The van der Waals surface area contributed by atoms with Crippen molar-refractivity contribution >= 4 is 5.97 Å². The lowest BCUT2D eigenvalue weighted by Gasteiger charge is -2.23. The average Bonchev–Trinajstić information content (AvgIpc) is 2.99. The fourth-order valence-electron chi connectivity index (χ4n) is 3.34. The third-order valence-corrected chi connectivity index (χ3v) is 4.48. The summed E-state index contributed by atoms with van der Waals surface area (Å²) in [6, 6.07) is 15.9. The number of carbonyl (C=O) groups is 1. The van der Waals surface area contributed by atoms with E-state index in [0.29, 0.717) is 19.4 Å². The van der Waals surface area contributed by atoms with Crippen molar-refractivity contribution in [2.75, 3.05) is 0 Å². The molecule has 1 aliphatic carbocycles. The molecule has 0 radical (unpaired) electrons. The highest BCUT2D eigenvalue weighted by molar-refractivity contribution is 5.72. The predicted octanol–water partition coefficient (Wildman–Crippen LogP) is 3.99. The second-order valence-corrected chi connectivity index (χ2v) is 5.93. The van der Waals surface area contributed by atoms with Gasteiger partial charge in [0.25, 0.3) is 0 Å². The van der Waals surface area contributed by atoms with Gasteiger partial charge in [-0.3, -0.25) is 4.79 Å². The molecule has 1 aliphatic rings. The monoisotopic (exact) mass is 314 g/mol. The predicted molar refractivity (Wildman–Crippen MR) is 84.5 cm³/mol. The summed E-state index contributed by atoms with van der Waals surface area (Å²) in [5.74, 6) is -1.86. The molecule has 0 spiro atoms. The summed E-state index contributed by atoms with van der Waals surface area (Å²) < 4.78 is 19.2. The third-order valence-electron chi connectivity index (χ3n) is 4.48. The Morgan fingerprint density at radius 3 is 2.43 bits per heavy atom. The van der Waals surface area contributed by atoms with Gasteiger partial charge in [0.05, 0.1) is 18.6 Å². The normalized spacial score (nSPS) is 23.8. The van der Waals surface area contributed by atoms with Crippen LogP contribution in [0.3, 0.4) is 0 Å². The van der Waals surface area contributed by atoms with Crippen LogP contribution in [0.2, 0.25) is 0 Å². The molecule has 0 unspecified atom stereocenters. The van der Waals surface area contributed by atoms with Crippen LogP contribution in [0, 0.1) is 11.7 Å². The molecule has 1 N–H and O–H groups in total. The van der Waals surface area contributed by atoms with Gasteiger partial charge in [-0.1, -0.05) is 42.5 Å². The molecule has 23 heavy (non-hydrogen) atoms. The molecule has 0 aromatic heterocycles. The molecule has 2 aromatic carbocycles. The Bertz CT molecular complexity index is 654. The van der Waals surface area contributed by atoms with E-state index in [1.807, 2.05) is 30.3 Å². The van der Waals surface area contributed by atoms with Crippen molar-refractivity contribution in [1.82, 2.24) is 0 Å². The van der Waals surface area contributed by atoms with Gasteiger partial charge in [-0.2, -0.15) is 0 Å². The third kappa shape index (κ3) is 3.59. The summed E-state index contributed by atoms with van der Waals surface area (Å²) in [5, 5.41) is 9.47. The number of ether oxygens (including phenoxy) is 1. The molecule has 0 bridgehead atoms. The van der Waals surface area contributed by atoms with Gasteiger partial charge in [-0.05, 0) is 36.1 Å². The standard InChI is InChI=1S/C19H19FO3/c20-15-8-6-14(7-9-15)18-16(19(21)22)10-11-17(18)23-12-13-4-2-1-3-5-13/h1-9,16-18H,10-12H2,(H,21,22)/t16-,17+,18+/m0/s1. The molecule has 1 saturated carbocycles. The Hall–Kier alpha value is -2.20. The van der Waals surface area contributed by atoms with E-state index >= 15 is 0 Å². The van der Waals surface area contributed by atoms with Gasteiger partial charge >= 0.3 is 5.97 Å². The number of aliphatic carboxylic acids is 1. The van der Waals surface area contributed by atoms with Gasteiger partial charge in [-0.15, -0.1) is 0 Å². The first-order valence-corrected chi connectivity index (χ1v) is 7.79. The molecule has 0 amide bonds. The quantitative estimate of drug-likeness (QED) is 0.907. The first-order chi connectivity index (χ1) is 11.1. The van der Waals surface area contributed by atoms with Crippen LogP contribution < -0.4 is 0 Å². The maximum Gasteiger partial charge on any atom is 0.307 e. The van der Waals surface area contributed by atoms with Crippen LogP contribution in [0.4, 0.5) is 4.39 Å². The van der Waals surface area contributed by atoms with Gasteiger partial charge in [0.15, 0.2) is 0 Å². The number of hydrogen-bond donors (Lipinski definition) is 1. The van der Waals surface area contributed by atoms with Crippen molar-refractivity contribution in [1.29, 1.82) is 0 Å². The van der Waals surface area contributed by atoms with Crippen LogP contribution in [0.25, 0.3) is 0 Å². The highest BCUT2D eigenvalue weighted by Gasteiger charge is 2.41. The number of halogens is 1. The summed E-state index contributed by atoms with van der Waals surface area (Å²) in [6.07, 6.45) is 1.12. The van der Waals surface area contributed by atoms with Crippen LogP contribution >= 0.6 is 0 Å². The van der Waals surface area contributed by atoms with Crippen molar-refractivity contribution in [2.24, 2.45) is 5.92 Å². The van der Waals surface area contributed by atoms with E-state index in [1.54, 1.807) is 12.1 Å². The van der Waals surface area contributed by atoms with E-state index in [9.17, 15) is 14.3 Å². The van der Waals surface area contributed by atoms with Crippen LogP contribution in [0.1, 0.15) is 29.9 Å². The molecule has 3 rings (SSSR count). The summed E-state index contributed by atoms with van der Waals surface area (Å²) >= 11 is 0. The van der Waals surface area contributed by atoms with E-state index in [2.05, 4.69) is 0 Å². The average molecular weight is 314 g/mol. The summed E-state index contributed by atoms with van der Waals surface area (Å²) in [7, 11) is 0. The van der Waals surface area contributed by atoms with E-state index in [1.165, 1.54) is 12.1 Å². The van der Waals surface area contributed by atoms with E-state index in [-0.39, 0.29) is 17.8 Å². The van der Waals surface area contributed by atoms with Crippen LogP contribution in [-0.2, 0) is 16.1 Å². The molecule has 3 nitrogen and oxygen atoms in total. The van der Waals surface area contributed by atoms with E-state index in [0.717, 1.165) is 11.1 Å². The molecule has 2 aromatic rings. The Morgan fingerprint density at radius 2 is 1.78 bits per heavy atom. The van der Waals surface area contributed by atoms with Gasteiger partial charge in [0.1, 0.15) is 5.82 Å². The number of hydrogen-bond acceptors (Lipinski definition) is 2. The zero-order valence-corrected chi connectivity index (χ0v) is 12.7. The van der Waals surface area contributed by atoms with Gasteiger partial charge in [0.2, 0.25) is 0 Å². The molecule has 120 valence electrons. The SMILES string of the molecule is O=C(O)[C@H]1CC[C@@H](OCc2ccccc2)[C@@H]1c1ccc(F)cc1. The lowest BCUT2D eigenvalue weighted by atomic mass is 9.87. The van der Waals surface area contributed by atoms with Gasteiger partial charge in [0, 0.05) is 5.92 Å². The Morgan fingerprint density at radius 1 is 1.09 bits per heavy atom. The minimum atomic E-state index is -0.815. The highest BCUT2D eigenvalue weighted by atomic mass is 19.1. The van der Waals surface area contributed by atoms with Crippen molar-refractivity contribution in [3.05, 3.63) is 71.5 Å². The van der Waals surface area contributed by atoms with Crippen LogP contribution in [-0.4, -0.2) is 17.2 Å². The number of benzene rings is 2. The summed E-state index contributed by atoms with van der Waals surface area (Å²) in [5.41, 5.74) is 1.89. The largest absolute Gasteiger partial charge is 0.481 e. The number of carboxylic acid groups (broad SMARTS) is 1. The first-order valence-electron chi connectivity index (χ1n) is 7.79. The highest BCUT2D eigenvalue weighted by Crippen LogP contribution is 2.42. The first kappa shape index (κ1) is 15.7. The van der Waals surface area contributed by atoms with Gasteiger partial charge < -0.3 is 9.84 Å². The number of rotatable bonds is 5. The topological polar surface area (TPSA) is 46.5 Å². The fraction of sp³-hybridized carbons (Fsp3) is 0.316. The molecule has 1 fully saturated rings. The molecular formula is C19H19FO3. The summed E-state index contributed by atoms with van der Waals surface area (Å²) in [4.78, 5) is 11.5. The van der Waals surface area contributed by atoms with Crippen molar-refractivity contribution in [3.63, 3.8) is 0 Å². The fourth-order valence-corrected chi connectivity index (χ4v) is 3.34. The summed E-state index contributed by atoms with van der Waals surface area (Å²) in [6.45, 7) is 0.454. The minimum Gasteiger partial charge on any atom is -0.481 e. The lowest BCUT2D eigenvalue weighted by molar-refractivity contribution is -0.142. The zero-order valence-electron chi connectivity index (χ0n) is 12.7. The second-order valence-electron chi connectivity index (χ2n) is 5.93. The zero-order chi connectivity index (χ0) is 16.2. The molecule has 4 heteroatoms. The molecule has 0 heterocycles. The maximum atomic E-state index is 13.1. The van der Waals surface area contributed by atoms with Crippen LogP contribution in [0.5, 0.6) is 0 Å². The molecule has 3 atom stereocenters. The van der Waals surface area contributed by atoms with E-state index in [4.69, 9.17) is 4.74 Å². The molecule has 0 saturated heterocycles. The van der Waals surface area contributed by atoms with Crippen molar-refractivity contribution < 1.29 is 19.0 Å². The van der Waals surface area contributed by atoms with Gasteiger partial charge in [-0.25, -0.2) is 4.39 Å². The smallest absolute Gasteiger partial charge is 0.307 e. The maximum absolute atomic E-state index is 13.1. The van der Waals surface area contributed by atoms with Crippen molar-refractivity contribution in [2.45, 2.75) is 31.5 Å². The Balaban J connectivity index is 1.78. The Labute approximate surface area is 134 Å². The second kappa shape index (κ2) is 6.92. The van der Waals surface area contributed by atoms with Crippen LogP contribution in [0.15, 0.2) is 54.6 Å². The molecular weight excluding hydrogens is 295 g/mol. The number of carboxylic acids is 1. The Kier molecular flexibility index (Phi) is 4.72. The lowest BCUT2D eigenvalue weighted by Crippen LogP contribution is -2.25.